The molecule has 3 aromatic rings. The Morgan fingerprint density at radius 1 is 1.00 bits per heavy atom. The maximum Gasteiger partial charge on any atom is 0.178 e. The maximum atomic E-state index is 13.1. The van der Waals surface area contributed by atoms with Gasteiger partial charge in [0, 0.05) is 0 Å². The van der Waals surface area contributed by atoms with Gasteiger partial charge in [0.1, 0.15) is 23.9 Å². The van der Waals surface area contributed by atoms with E-state index in [4.69, 9.17) is 9.15 Å². The van der Waals surface area contributed by atoms with Crippen LogP contribution in [0.15, 0.2) is 83.5 Å². The molecule has 0 bridgehead atoms. The Morgan fingerprint density at radius 2 is 1.81 bits per heavy atom. The van der Waals surface area contributed by atoms with E-state index in [1.807, 2.05) is 30.3 Å². The second kappa shape index (κ2) is 8.62. The van der Waals surface area contributed by atoms with Crippen molar-refractivity contribution in [3.05, 3.63) is 102 Å². The summed E-state index contributed by atoms with van der Waals surface area (Å²) in [5.41, 5.74) is 1.64. The molecular weight excluding hydrogens is 331 g/mol. The summed E-state index contributed by atoms with van der Waals surface area (Å²) in [6.45, 7) is 0.295. The molecule has 0 unspecified atom stereocenters. The average Bonchev–Trinajstić information content (AvgIpc) is 3.17. The van der Waals surface area contributed by atoms with Crippen LogP contribution >= 0.6 is 0 Å². The Balaban J connectivity index is 1.53. The van der Waals surface area contributed by atoms with Gasteiger partial charge in [0.2, 0.25) is 0 Å². The molecule has 0 spiro atoms. The van der Waals surface area contributed by atoms with Crippen LogP contribution in [0.2, 0.25) is 0 Å². The van der Waals surface area contributed by atoms with E-state index < -0.39 is 0 Å². The van der Waals surface area contributed by atoms with Crippen molar-refractivity contribution in [2.75, 3.05) is 0 Å². The minimum atomic E-state index is -0.280. The van der Waals surface area contributed by atoms with Gasteiger partial charge in [-0.25, -0.2) is 4.39 Å². The largest absolute Gasteiger partial charge is 0.489 e. The maximum absolute atomic E-state index is 13.1. The lowest BCUT2D eigenvalue weighted by Gasteiger charge is -2.06. The lowest BCUT2D eigenvalue weighted by atomic mass is 10.2. The number of carbonyl (C=O) groups is 1. The summed E-state index contributed by atoms with van der Waals surface area (Å²) in [4.78, 5) is 11.8. The minimum absolute atomic E-state index is 0.132. The number of ketones is 1. The quantitative estimate of drug-likeness (QED) is 0.544. The van der Waals surface area contributed by atoms with Gasteiger partial charge < -0.3 is 9.15 Å². The van der Waals surface area contributed by atoms with Crippen molar-refractivity contribution in [3.8, 4) is 5.75 Å². The Morgan fingerprint density at radius 3 is 2.54 bits per heavy atom. The third-order valence-corrected chi connectivity index (χ3v) is 3.57. The predicted molar refractivity (Wildman–Crippen MR) is 99.0 cm³/mol. The molecule has 0 aliphatic carbocycles. The third kappa shape index (κ3) is 5.31. The van der Waals surface area contributed by atoms with Crippen LogP contribution < -0.4 is 4.74 Å². The molecule has 0 saturated carbocycles. The van der Waals surface area contributed by atoms with Crippen LogP contribution in [-0.2, 0) is 11.4 Å². The van der Waals surface area contributed by atoms with Crippen molar-refractivity contribution >= 4 is 17.9 Å². The Hall–Kier alpha value is -3.40. The molecule has 130 valence electrons. The highest BCUT2D eigenvalue weighted by atomic mass is 19.1. The van der Waals surface area contributed by atoms with Gasteiger partial charge in [0.25, 0.3) is 0 Å². The average molecular weight is 348 g/mol. The van der Waals surface area contributed by atoms with E-state index in [0.717, 1.165) is 11.1 Å². The fourth-order valence-electron chi connectivity index (χ4n) is 2.25. The number of rotatable bonds is 7. The first-order chi connectivity index (χ1) is 12.7. The number of ether oxygens (including phenoxy) is 1. The van der Waals surface area contributed by atoms with E-state index >= 15 is 0 Å². The van der Waals surface area contributed by atoms with E-state index in [0.29, 0.717) is 18.1 Å². The van der Waals surface area contributed by atoms with E-state index in [1.54, 1.807) is 36.6 Å². The normalized spacial score (nSPS) is 11.3. The summed E-state index contributed by atoms with van der Waals surface area (Å²) in [5.74, 6) is 0.896. The number of hydrogen-bond acceptors (Lipinski definition) is 3. The van der Waals surface area contributed by atoms with Crippen molar-refractivity contribution in [2.45, 2.75) is 6.61 Å². The molecule has 26 heavy (non-hydrogen) atoms. The molecule has 0 radical (unpaired) electrons. The molecule has 0 atom stereocenters. The minimum Gasteiger partial charge on any atom is -0.489 e. The smallest absolute Gasteiger partial charge is 0.178 e. The molecule has 2 aromatic carbocycles. The molecular formula is C22H17FO3. The number of furan rings is 1. The number of benzene rings is 2. The SMILES string of the molecule is O=C(C=Cc1ccc(OCc2cccc(F)c2)cc1)C=Cc1ccco1. The molecule has 3 rings (SSSR count). The van der Waals surface area contributed by atoms with Crippen LogP contribution in [-0.4, -0.2) is 5.78 Å². The van der Waals surface area contributed by atoms with Crippen molar-refractivity contribution in [3.63, 3.8) is 0 Å². The van der Waals surface area contributed by atoms with Crippen LogP contribution in [0.5, 0.6) is 5.75 Å². The second-order valence-corrected chi connectivity index (χ2v) is 5.57. The fourth-order valence-corrected chi connectivity index (χ4v) is 2.25. The molecule has 0 aliphatic rings. The Kier molecular flexibility index (Phi) is 5.78. The van der Waals surface area contributed by atoms with Crippen LogP contribution in [0.1, 0.15) is 16.9 Å². The Bertz CT molecular complexity index is 907. The molecule has 0 amide bonds. The predicted octanol–water partition coefficient (Wildman–Crippen LogP) is 5.29. The van der Waals surface area contributed by atoms with Gasteiger partial charge in [0.05, 0.1) is 6.26 Å². The van der Waals surface area contributed by atoms with Gasteiger partial charge >= 0.3 is 0 Å². The topological polar surface area (TPSA) is 39.4 Å². The summed E-state index contributed by atoms with van der Waals surface area (Å²) in [7, 11) is 0. The molecule has 1 aromatic heterocycles. The molecule has 0 saturated heterocycles. The Labute approximate surface area is 151 Å². The van der Waals surface area contributed by atoms with Crippen LogP contribution in [0.4, 0.5) is 4.39 Å². The van der Waals surface area contributed by atoms with Crippen LogP contribution in [0, 0.1) is 5.82 Å². The second-order valence-electron chi connectivity index (χ2n) is 5.57. The zero-order valence-electron chi connectivity index (χ0n) is 14.0. The summed E-state index contributed by atoms with van der Waals surface area (Å²) >= 11 is 0. The zero-order valence-corrected chi connectivity index (χ0v) is 14.0. The van der Waals surface area contributed by atoms with Crippen molar-refractivity contribution in [2.24, 2.45) is 0 Å². The van der Waals surface area contributed by atoms with Gasteiger partial charge in [-0.1, -0.05) is 30.3 Å². The molecule has 4 heteroatoms. The summed E-state index contributed by atoms with van der Waals surface area (Å²) in [5, 5.41) is 0. The van der Waals surface area contributed by atoms with Gasteiger partial charge in [-0.2, -0.15) is 0 Å². The molecule has 0 N–H and O–H groups in total. The molecule has 1 heterocycles. The first-order valence-electron chi connectivity index (χ1n) is 8.10. The van der Waals surface area contributed by atoms with Gasteiger partial charge in [0.15, 0.2) is 5.78 Å². The standard InChI is InChI=1S/C22H17FO3/c23-19-4-1-3-18(15-19)16-26-22-11-7-17(8-12-22)6-9-20(24)10-13-21-5-2-14-25-21/h1-15H,16H2. The summed E-state index contributed by atoms with van der Waals surface area (Å²) in [6.07, 6.45) is 7.84. The van der Waals surface area contributed by atoms with Crippen molar-refractivity contribution in [1.29, 1.82) is 0 Å². The molecule has 0 aliphatic heterocycles. The van der Waals surface area contributed by atoms with Gasteiger partial charge in [-0.15, -0.1) is 0 Å². The van der Waals surface area contributed by atoms with E-state index in [-0.39, 0.29) is 11.6 Å². The van der Waals surface area contributed by atoms with Gasteiger partial charge in [-0.3, -0.25) is 4.79 Å². The lowest BCUT2D eigenvalue weighted by Crippen LogP contribution is -1.95. The lowest BCUT2D eigenvalue weighted by molar-refractivity contribution is -0.110. The molecule has 3 nitrogen and oxygen atoms in total. The first kappa shape index (κ1) is 17.4. The van der Waals surface area contributed by atoms with E-state index in [9.17, 15) is 9.18 Å². The third-order valence-electron chi connectivity index (χ3n) is 3.57. The summed E-state index contributed by atoms with van der Waals surface area (Å²) in [6, 6.07) is 17.1. The van der Waals surface area contributed by atoms with Crippen LogP contribution in [0.25, 0.3) is 12.2 Å². The van der Waals surface area contributed by atoms with Crippen molar-refractivity contribution in [1.82, 2.24) is 0 Å². The fraction of sp³-hybridized carbons (Fsp3) is 0.0455. The zero-order chi connectivity index (χ0) is 18.2. The van der Waals surface area contributed by atoms with Gasteiger partial charge in [-0.05, 0) is 65.8 Å². The number of hydrogen-bond donors (Lipinski definition) is 0. The highest BCUT2D eigenvalue weighted by Gasteiger charge is 1.98. The number of carbonyl (C=O) groups excluding carboxylic acids is 1. The highest BCUT2D eigenvalue weighted by molar-refractivity contribution is 6.04. The highest BCUT2D eigenvalue weighted by Crippen LogP contribution is 2.15. The van der Waals surface area contributed by atoms with Crippen molar-refractivity contribution < 1.29 is 18.3 Å². The van der Waals surface area contributed by atoms with E-state index in [1.165, 1.54) is 24.3 Å². The van der Waals surface area contributed by atoms with Crippen LogP contribution in [0.3, 0.4) is 0 Å². The molecule has 0 fully saturated rings. The summed E-state index contributed by atoms with van der Waals surface area (Å²) < 4.78 is 23.9. The van der Waals surface area contributed by atoms with E-state index in [2.05, 4.69) is 0 Å². The monoisotopic (exact) mass is 348 g/mol. The number of allylic oxidation sites excluding steroid dienone is 2. The number of halogens is 1. The first-order valence-corrected chi connectivity index (χ1v) is 8.10.